The normalized spacial score (nSPS) is 20.3. The van der Waals surface area contributed by atoms with E-state index in [1.54, 1.807) is 23.9 Å². The first kappa shape index (κ1) is 10.5. The van der Waals surface area contributed by atoms with Crippen molar-refractivity contribution >= 4 is 17.7 Å². The molecule has 1 heterocycles. The van der Waals surface area contributed by atoms with Gasteiger partial charge in [0, 0.05) is 17.1 Å². The zero-order valence-electron chi connectivity index (χ0n) is 8.11. The van der Waals surface area contributed by atoms with Crippen LogP contribution in [0.4, 0.5) is 4.39 Å². The molecule has 15 heavy (non-hydrogen) atoms. The van der Waals surface area contributed by atoms with Crippen molar-refractivity contribution in [2.45, 2.75) is 23.8 Å². The molecule has 0 N–H and O–H groups in total. The van der Waals surface area contributed by atoms with Crippen LogP contribution in [0.2, 0.25) is 0 Å². The van der Waals surface area contributed by atoms with Gasteiger partial charge in [0.15, 0.2) is 0 Å². The van der Waals surface area contributed by atoms with Crippen molar-refractivity contribution in [1.29, 1.82) is 0 Å². The Labute approximate surface area is 91.8 Å². The van der Waals surface area contributed by atoms with Crippen LogP contribution in [0, 0.1) is 5.82 Å². The summed E-state index contributed by atoms with van der Waals surface area (Å²) in [6.45, 7) is 0. The van der Waals surface area contributed by atoms with E-state index in [2.05, 4.69) is 0 Å². The van der Waals surface area contributed by atoms with Crippen molar-refractivity contribution in [1.82, 2.24) is 0 Å². The Morgan fingerprint density at radius 2 is 2.13 bits per heavy atom. The lowest BCUT2D eigenvalue weighted by atomic mass is 10.3. The molecule has 0 bridgehead atoms. The van der Waals surface area contributed by atoms with Crippen LogP contribution < -0.4 is 0 Å². The lowest BCUT2D eigenvalue weighted by Gasteiger charge is -2.07. The molecule has 0 amide bonds. The smallest absolute Gasteiger partial charge is 0.306 e. The maximum absolute atomic E-state index is 12.6. The number of carbonyl (C=O) groups is 1. The number of cyclic esters (lactones) is 1. The topological polar surface area (TPSA) is 26.3 Å². The zero-order chi connectivity index (χ0) is 10.7. The number of benzene rings is 1. The lowest BCUT2D eigenvalue weighted by Crippen LogP contribution is -2.09. The second-order valence-electron chi connectivity index (χ2n) is 3.42. The van der Waals surface area contributed by atoms with E-state index in [0.29, 0.717) is 6.42 Å². The van der Waals surface area contributed by atoms with Gasteiger partial charge in [-0.1, -0.05) is 0 Å². The molecule has 80 valence electrons. The number of rotatable bonds is 3. The van der Waals surface area contributed by atoms with E-state index in [-0.39, 0.29) is 17.9 Å². The molecule has 0 aromatic heterocycles. The summed E-state index contributed by atoms with van der Waals surface area (Å²) in [5, 5.41) is 0. The molecule has 1 atom stereocenters. The first-order valence-electron chi connectivity index (χ1n) is 4.82. The molecule has 0 aliphatic carbocycles. The standard InChI is InChI=1S/C11H11FO2S/c12-8-1-4-10(5-2-8)15-7-9-3-6-11(13)14-9/h1-2,4-5,9H,3,6-7H2. The Hall–Kier alpha value is -1.03. The van der Waals surface area contributed by atoms with Gasteiger partial charge in [-0.25, -0.2) is 4.39 Å². The monoisotopic (exact) mass is 226 g/mol. The molecule has 1 fully saturated rings. The summed E-state index contributed by atoms with van der Waals surface area (Å²) in [5.74, 6) is 0.406. The van der Waals surface area contributed by atoms with Crippen molar-refractivity contribution in [3.8, 4) is 0 Å². The fourth-order valence-corrected chi connectivity index (χ4v) is 2.36. The van der Waals surface area contributed by atoms with Gasteiger partial charge in [-0.2, -0.15) is 0 Å². The predicted octanol–water partition coefficient (Wildman–Crippen LogP) is 2.62. The van der Waals surface area contributed by atoms with Crippen molar-refractivity contribution in [3.63, 3.8) is 0 Å². The highest BCUT2D eigenvalue weighted by Gasteiger charge is 2.22. The van der Waals surface area contributed by atoms with E-state index in [0.717, 1.165) is 17.1 Å². The van der Waals surface area contributed by atoms with Crippen LogP contribution in [0.3, 0.4) is 0 Å². The molecule has 0 saturated carbocycles. The number of thioether (sulfide) groups is 1. The van der Waals surface area contributed by atoms with Crippen LogP contribution in [0.25, 0.3) is 0 Å². The third-order valence-corrected chi connectivity index (χ3v) is 3.36. The highest BCUT2D eigenvalue weighted by Crippen LogP contribution is 2.24. The van der Waals surface area contributed by atoms with Crippen molar-refractivity contribution in [2.75, 3.05) is 5.75 Å². The average Bonchev–Trinajstić information content (AvgIpc) is 2.64. The summed E-state index contributed by atoms with van der Waals surface area (Å²) < 4.78 is 17.7. The fraction of sp³-hybridized carbons (Fsp3) is 0.364. The fourth-order valence-electron chi connectivity index (χ4n) is 1.42. The van der Waals surface area contributed by atoms with Gasteiger partial charge in [0.2, 0.25) is 0 Å². The summed E-state index contributed by atoms with van der Waals surface area (Å²) in [6.07, 6.45) is 1.34. The Kier molecular flexibility index (Phi) is 3.26. The average molecular weight is 226 g/mol. The van der Waals surface area contributed by atoms with Gasteiger partial charge in [-0.05, 0) is 30.7 Å². The van der Waals surface area contributed by atoms with Crippen molar-refractivity contribution < 1.29 is 13.9 Å². The van der Waals surface area contributed by atoms with E-state index in [4.69, 9.17) is 4.74 Å². The van der Waals surface area contributed by atoms with Crippen LogP contribution >= 0.6 is 11.8 Å². The van der Waals surface area contributed by atoms with Crippen LogP contribution in [0.5, 0.6) is 0 Å². The van der Waals surface area contributed by atoms with Crippen LogP contribution in [0.1, 0.15) is 12.8 Å². The van der Waals surface area contributed by atoms with E-state index >= 15 is 0 Å². The maximum Gasteiger partial charge on any atom is 0.306 e. The third-order valence-electron chi connectivity index (χ3n) is 2.22. The molecule has 4 heteroatoms. The van der Waals surface area contributed by atoms with Gasteiger partial charge < -0.3 is 4.74 Å². The quantitative estimate of drug-likeness (QED) is 0.585. The lowest BCUT2D eigenvalue weighted by molar-refractivity contribution is -0.140. The van der Waals surface area contributed by atoms with Crippen LogP contribution in [0.15, 0.2) is 29.2 Å². The van der Waals surface area contributed by atoms with Gasteiger partial charge in [-0.3, -0.25) is 4.79 Å². The molecule has 1 aliphatic rings. The maximum atomic E-state index is 12.6. The minimum absolute atomic E-state index is 0.0209. The van der Waals surface area contributed by atoms with Crippen molar-refractivity contribution in [3.05, 3.63) is 30.1 Å². The first-order valence-corrected chi connectivity index (χ1v) is 5.80. The number of carbonyl (C=O) groups excluding carboxylic acids is 1. The molecule has 1 saturated heterocycles. The minimum atomic E-state index is -0.230. The van der Waals surface area contributed by atoms with Gasteiger partial charge in [-0.15, -0.1) is 11.8 Å². The molecule has 0 spiro atoms. The summed E-state index contributed by atoms with van der Waals surface area (Å²) in [7, 11) is 0. The third kappa shape index (κ3) is 2.96. The molecule has 1 aromatic carbocycles. The molecular formula is C11H11FO2S. The summed E-state index contributed by atoms with van der Waals surface area (Å²) >= 11 is 1.58. The van der Waals surface area contributed by atoms with E-state index < -0.39 is 0 Å². The second-order valence-corrected chi connectivity index (χ2v) is 4.51. The Morgan fingerprint density at radius 3 is 2.73 bits per heavy atom. The summed E-state index contributed by atoms with van der Waals surface area (Å²) in [6, 6.07) is 6.33. The number of hydrogen-bond acceptors (Lipinski definition) is 3. The number of ether oxygens (including phenoxy) is 1. The highest BCUT2D eigenvalue weighted by atomic mass is 32.2. The Balaban J connectivity index is 1.83. The van der Waals surface area contributed by atoms with E-state index in [9.17, 15) is 9.18 Å². The number of esters is 1. The number of halogens is 1. The molecule has 2 rings (SSSR count). The van der Waals surface area contributed by atoms with Crippen molar-refractivity contribution in [2.24, 2.45) is 0 Å². The molecule has 1 unspecified atom stereocenters. The summed E-state index contributed by atoms with van der Waals surface area (Å²) in [5.41, 5.74) is 0. The molecule has 1 aliphatic heterocycles. The molecule has 0 radical (unpaired) electrons. The van der Waals surface area contributed by atoms with E-state index in [1.165, 1.54) is 12.1 Å². The van der Waals surface area contributed by atoms with Crippen LogP contribution in [-0.2, 0) is 9.53 Å². The van der Waals surface area contributed by atoms with Gasteiger partial charge in [0.25, 0.3) is 0 Å². The molecule has 2 nitrogen and oxygen atoms in total. The Morgan fingerprint density at radius 1 is 1.40 bits per heavy atom. The zero-order valence-corrected chi connectivity index (χ0v) is 8.93. The number of hydrogen-bond donors (Lipinski definition) is 0. The highest BCUT2D eigenvalue weighted by molar-refractivity contribution is 7.99. The summed E-state index contributed by atoms with van der Waals surface area (Å²) in [4.78, 5) is 11.8. The first-order chi connectivity index (χ1) is 7.24. The minimum Gasteiger partial charge on any atom is -0.461 e. The van der Waals surface area contributed by atoms with Gasteiger partial charge in [0.05, 0.1) is 0 Å². The Bertz CT molecular complexity index is 350. The van der Waals surface area contributed by atoms with Gasteiger partial charge in [0.1, 0.15) is 11.9 Å². The molecule has 1 aromatic rings. The predicted molar refractivity (Wildman–Crippen MR) is 56.2 cm³/mol. The van der Waals surface area contributed by atoms with Crippen LogP contribution in [-0.4, -0.2) is 17.8 Å². The van der Waals surface area contributed by atoms with E-state index in [1.807, 2.05) is 0 Å². The largest absolute Gasteiger partial charge is 0.461 e. The SMILES string of the molecule is O=C1CCC(CSc2ccc(F)cc2)O1. The molecular weight excluding hydrogens is 215 g/mol. The van der Waals surface area contributed by atoms with Gasteiger partial charge >= 0.3 is 5.97 Å². The second kappa shape index (κ2) is 4.66.